The van der Waals surface area contributed by atoms with E-state index in [1.807, 2.05) is 0 Å². The zero-order valence-electron chi connectivity index (χ0n) is 16.8. The standard InChI is InChI=1S/C20H19F3N4O4/c1-12(13-8-10-24-11-9-13)16-17(28)26(15-6-4-14(5-7-15)25(2)3)19(30)27(16)31-18(29)20(21,22)23/h4-12,16H,1-3H3. The fraction of sp³-hybridized carbons (Fsp3) is 0.300. The van der Waals surface area contributed by atoms with E-state index in [-0.39, 0.29) is 10.8 Å². The van der Waals surface area contributed by atoms with Crippen molar-refractivity contribution in [2.75, 3.05) is 23.9 Å². The number of alkyl halides is 3. The van der Waals surface area contributed by atoms with Gasteiger partial charge in [0, 0.05) is 38.1 Å². The van der Waals surface area contributed by atoms with E-state index in [0.717, 1.165) is 5.69 Å². The fourth-order valence-corrected chi connectivity index (χ4v) is 3.19. The lowest BCUT2D eigenvalue weighted by Crippen LogP contribution is -2.43. The van der Waals surface area contributed by atoms with Crippen molar-refractivity contribution < 1.29 is 32.4 Å². The molecule has 0 N–H and O–H groups in total. The van der Waals surface area contributed by atoms with Gasteiger partial charge in [-0.2, -0.15) is 13.2 Å². The van der Waals surface area contributed by atoms with Crippen LogP contribution in [-0.4, -0.2) is 54.3 Å². The molecule has 2 atom stereocenters. The Bertz CT molecular complexity index is 980. The first-order valence-electron chi connectivity index (χ1n) is 9.16. The Labute approximate surface area is 175 Å². The third kappa shape index (κ3) is 4.30. The molecular formula is C20H19F3N4O4. The first kappa shape index (κ1) is 22.1. The minimum atomic E-state index is -5.34. The number of benzene rings is 1. The quantitative estimate of drug-likeness (QED) is 0.670. The van der Waals surface area contributed by atoms with Crippen molar-refractivity contribution in [3.63, 3.8) is 0 Å². The SMILES string of the molecule is CC(c1ccncc1)C1C(=O)N(c2ccc(N(C)C)cc2)C(=O)N1OC(=O)C(F)(F)F. The van der Waals surface area contributed by atoms with Crippen molar-refractivity contribution in [1.82, 2.24) is 10.0 Å². The molecule has 1 aromatic heterocycles. The van der Waals surface area contributed by atoms with Gasteiger partial charge < -0.3 is 9.74 Å². The Morgan fingerprint density at radius 3 is 2.19 bits per heavy atom. The third-order valence-corrected chi connectivity index (χ3v) is 4.85. The Balaban J connectivity index is 2.00. The van der Waals surface area contributed by atoms with Crippen LogP contribution in [0, 0.1) is 0 Å². The number of rotatable bonds is 5. The molecule has 1 aromatic carbocycles. The summed E-state index contributed by atoms with van der Waals surface area (Å²) >= 11 is 0. The minimum Gasteiger partial charge on any atom is -0.378 e. The molecule has 11 heteroatoms. The summed E-state index contributed by atoms with van der Waals surface area (Å²) in [5.41, 5.74) is 1.45. The van der Waals surface area contributed by atoms with E-state index < -0.39 is 36.0 Å². The van der Waals surface area contributed by atoms with Gasteiger partial charge >= 0.3 is 18.2 Å². The predicted molar refractivity (Wildman–Crippen MR) is 104 cm³/mol. The highest BCUT2D eigenvalue weighted by molar-refractivity contribution is 6.21. The normalized spacial score (nSPS) is 17.7. The molecule has 164 valence electrons. The van der Waals surface area contributed by atoms with Gasteiger partial charge in [0.15, 0.2) is 6.04 Å². The predicted octanol–water partition coefficient (Wildman–Crippen LogP) is 3.11. The van der Waals surface area contributed by atoms with E-state index in [2.05, 4.69) is 9.82 Å². The number of imide groups is 1. The number of carbonyl (C=O) groups is 3. The first-order chi connectivity index (χ1) is 14.5. The lowest BCUT2D eigenvalue weighted by molar-refractivity contribution is -0.231. The lowest BCUT2D eigenvalue weighted by Gasteiger charge is -2.25. The third-order valence-electron chi connectivity index (χ3n) is 4.85. The van der Waals surface area contributed by atoms with Gasteiger partial charge in [0.1, 0.15) is 0 Å². The van der Waals surface area contributed by atoms with E-state index >= 15 is 0 Å². The van der Waals surface area contributed by atoms with Gasteiger partial charge in [-0.15, -0.1) is 5.06 Å². The number of hydrogen-bond donors (Lipinski definition) is 0. The van der Waals surface area contributed by atoms with Gasteiger partial charge in [-0.05, 0) is 42.0 Å². The van der Waals surface area contributed by atoms with Crippen LogP contribution in [0.3, 0.4) is 0 Å². The molecule has 31 heavy (non-hydrogen) atoms. The van der Waals surface area contributed by atoms with Crippen LogP contribution in [0.2, 0.25) is 0 Å². The maximum atomic E-state index is 13.2. The second kappa shape index (κ2) is 8.25. The van der Waals surface area contributed by atoms with Crippen LogP contribution >= 0.6 is 0 Å². The lowest BCUT2D eigenvalue weighted by atomic mass is 9.94. The van der Waals surface area contributed by atoms with E-state index in [1.165, 1.54) is 31.5 Å². The fourth-order valence-electron chi connectivity index (χ4n) is 3.19. The summed E-state index contributed by atoms with van der Waals surface area (Å²) in [6.07, 6.45) is -2.46. The van der Waals surface area contributed by atoms with Crippen molar-refractivity contribution in [2.45, 2.75) is 25.1 Å². The summed E-state index contributed by atoms with van der Waals surface area (Å²) in [7, 11) is 3.60. The molecule has 0 aliphatic carbocycles. The number of nitrogens with zero attached hydrogens (tertiary/aromatic N) is 4. The number of halogens is 3. The van der Waals surface area contributed by atoms with Crippen LogP contribution in [-0.2, 0) is 14.4 Å². The van der Waals surface area contributed by atoms with Crippen LogP contribution in [0.15, 0.2) is 48.8 Å². The molecule has 1 saturated heterocycles. The van der Waals surface area contributed by atoms with Crippen molar-refractivity contribution in [1.29, 1.82) is 0 Å². The summed E-state index contributed by atoms with van der Waals surface area (Å²) in [6, 6.07) is 6.67. The monoisotopic (exact) mass is 436 g/mol. The van der Waals surface area contributed by atoms with Crippen molar-refractivity contribution in [3.8, 4) is 0 Å². The molecule has 3 rings (SSSR count). The van der Waals surface area contributed by atoms with Gasteiger partial charge in [0.2, 0.25) is 0 Å². The molecule has 0 bridgehead atoms. The second-order valence-electron chi connectivity index (χ2n) is 7.08. The zero-order chi connectivity index (χ0) is 22.9. The van der Waals surface area contributed by atoms with Crippen molar-refractivity contribution in [3.05, 3.63) is 54.4 Å². The average molecular weight is 436 g/mol. The molecule has 1 fully saturated rings. The topological polar surface area (TPSA) is 83.1 Å². The van der Waals surface area contributed by atoms with Crippen LogP contribution < -0.4 is 9.80 Å². The van der Waals surface area contributed by atoms with E-state index in [4.69, 9.17) is 0 Å². The summed E-state index contributed by atoms with van der Waals surface area (Å²) in [5, 5.41) is 0.198. The molecule has 2 unspecified atom stereocenters. The molecular weight excluding hydrogens is 417 g/mol. The molecule has 0 saturated carbocycles. The smallest absolute Gasteiger partial charge is 0.378 e. The van der Waals surface area contributed by atoms with E-state index in [9.17, 15) is 27.6 Å². The van der Waals surface area contributed by atoms with Gasteiger partial charge in [-0.1, -0.05) is 6.92 Å². The van der Waals surface area contributed by atoms with Crippen LogP contribution in [0.25, 0.3) is 0 Å². The first-order valence-corrected chi connectivity index (χ1v) is 9.16. The number of amides is 3. The molecule has 8 nitrogen and oxygen atoms in total. The highest BCUT2D eigenvalue weighted by Crippen LogP contribution is 2.34. The average Bonchev–Trinajstić information content (AvgIpc) is 2.97. The molecule has 3 amide bonds. The largest absolute Gasteiger partial charge is 0.493 e. The highest BCUT2D eigenvalue weighted by atomic mass is 19.4. The summed E-state index contributed by atoms with van der Waals surface area (Å²) in [4.78, 5) is 48.2. The Hall–Kier alpha value is -3.63. The zero-order valence-corrected chi connectivity index (χ0v) is 16.8. The van der Waals surface area contributed by atoms with Crippen molar-refractivity contribution in [2.24, 2.45) is 0 Å². The molecule has 2 aromatic rings. The molecule has 0 spiro atoms. The van der Waals surface area contributed by atoms with Crippen LogP contribution in [0.1, 0.15) is 18.4 Å². The number of hydrogen-bond acceptors (Lipinski definition) is 6. The Morgan fingerprint density at radius 1 is 1.10 bits per heavy atom. The molecule has 2 heterocycles. The number of pyridine rings is 1. The van der Waals surface area contributed by atoms with Gasteiger partial charge in [-0.3, -0.25) is 9.78 Å². The number of aromatic nitrogens is 1. The number of urea groups is 1. The van der Waals surface area contributed by atoms with Crippen molar-refractivity contribution >= 4 is 29.3 Å². The summed E-state index contributed by atoms with van der Waals surface area (Å²) in [6.45, 7) is 1.54. The summed E-state index contributed by atoms with van der Waals surface area (Å²) < 4.78 is 38.4. The number of hydroxylamine groups is 2. The molecule has 1 aliphatic heterocycles. The number of anilines is 2. The maximum absolute atomic E-state index is 13.2. The second-order valence-corrected chi connectivity index (χ2v) is 7.08. The Kier molecular flexibility index (Phi) is 5.87. The van der Waals surface area contributed by atoms with Crippen LogP contribution in [0.4, 0.5) is 29.3 Å². The maximum Gasteiger partial charge on any atom is 0.493 e. The molecule has 1 aliphatic rings. The highest BCUT2D eigenvalue weighted by Gasteiger charge is 2.54. The van der Waals surface area contributed by atoms with E-state index in [0.29, 0.717) is 10.5 Å². The van der Waals surface area contributed by atoms with Gasteiger partial charge in [-0.25, -0.2) is 14.5 Å². The number of carbonyl (C=O) groups excluding carboxylic acids is 3. The van der Waals surface area contributed by atoms with Crippen LogP contribution in [0.5, 0.6) is 0 Å². The van der Waals surface area contributed by atoms with Gasteiger partial charge in [0.25, 0.3) is 5.91 Å². The Morgan fingerprint density at radius 2 is 1.68 bits per heavy atom. The summed E-state index contributed by atoms with van der Waals surface area (Å²) in [5.74, 6) is -4.20. The minimum absolute atomic E-state index is 0.137. The van der Waals surface area contributed by atoms with E-state index in [1.54, 1.807) is 43.3 Å². The van der Waals surface area contributed by atoms with Gasteiger partial charge in [0.05, 0.1) is 5.69 Å². The molecule has 0 radical (unpaired) electrons.